The molecule has 1 atom stereocenters. The van der Waals surface area contributed by atoms with Gasteiger partial charge in [0.2, 0.25) is 0 Å². The topological polar surface area (TPSA) is 78.0 Å². The van der Waals surface area contributed by atoms with Crippen LogP contribution in [0.2, 0.25) is 0 Å². The van der Waals surface area contributed by atoms with E-state index in [2.05, 4.69) is 15.5 Å². The van der Waals surface area contributed by atoms with E-state index in [-0.39, 0.29) is 18.1 Å². The van der Waals surface area contributed by atoms with Crippen molar-refractivity contribution in [3.63, 3.8) is 0 Å². The molecule has 0 aliphatic heterocycles. The van der Waals surface area contributed by atoms with E-state index in [1.807, 2.05) is 27.7 Å². The summed E-state index contributed by atoms with van der Waals surface area (Å²) in [7, 11) is 0. The van der Waals surface area contributed by atoms with Crippen LogP contribution in [-0.4, -0.2) is 33.4 Å². The number of carbonyl (C=O) groups is 1. The molecule has 0 fully saturated rings. The third-order valence-corrected chi connectivity index (χ3v) is 3.31. The lowest BCUT2D eigenvalue weighted by Gasteiger charge is -2.28. The quantitative estimate of drug-likeness (QED) is 0.723. The minimum Gasteiger partial charge on any atom is -0.396 e. The Hall–Kier alpha value is -1.36. The Morgan fingerprint density at radius 3 is 2.72 bits per heavy atom. The number of carbonyl (C=O) groups excluding carboxylic acids is 1. The molecule has 102 valence electrons. The molecule has 1 unspecified atom stereocenters. The standard InChI is InChI=1S/C13H23N3O2/c1-5-13(4,6-7-17)14-12(18)11-8-10(9(2)3)15-16-11/h8-9,17H,5-7H2,1-4H3,(H,14,18)(H,15,16). The molecule has 18 heavy (non-hydrogen) atoms. The highest BCUT2D eigenvalue weighted by Crippen LogP contribution is 2.16. The highest BCUT2D eigenvalue weighted by Gasteiger charge is 2.25. The van der Waals surface area contributed by atoms with E-state index in [1.54, 1.807) is 6.07 Å². The molecule has 5 nitrogen and oxygen atoms in total. The maximum Gasteiger partial charge on any atom is 0.272 e. The van der Waals surface area contributed by atoms with Gasteiger partial charge in [0.1, 0.15) is 5.69 Å². The first-order valence-corrected chi connectivity index (χ1v) is 6.40. The van der Waals surface area contributed by atoms with Gasteiger partial charge in [-0.15, -0.1) is 0 Å². The van der Waals surface area contributed by atoms with Crippen molar-refractivity contribution in [2.24, 2.45) is 0 Å². The van der Waals surface area contributed by atoms with E-state index in [0.29, 0.717) is 18.0 Å². The molecule has 0 radical (unpaired) electrons. The average molecular weight is 253 g/mol. The number of rotatable bonds is 6. The molecule has 1 heterocycles. The molecule has 0 saturated carbocycles. The van der Waals surface area contributed by atoms with Crippen LogP contribution in [0.4, 0.5) is 0 Å². The second kappa shape index (κ2) is 6.00. The summed E-state index contributed by atoms with van der Waals surface area (Å²) in [5, 5.41) is 18.8. The Kier molecular flexibility index (Phi) is 4.90. The molecular formula is C13H23N3O2. The number of amides is 1. The van der Waals surface area contributed by atoms with Crippen molar-refractivity contribution in [3.05, 3.63) is 17.5 Å². The molecule has 1 aromatic heterocycles. The first-order valence-electron chi connectivity index (χ1n) is 6.40. The van der Waals surface area contributed by atoms with E-state index in [9.17, 15) is 4.79 Å². The fourth-order valence-corrected chi connectivity index (χ4v) is 1.66. The molecule has 0 aliphatic carbocycles. The smallest absolute Gasteiger partial charge is 0.272 e. The summed E-state index contributed by atoms with van der Waals surface area (Å²) in [5.74, 6) is 0.116. The zero-order chi connectivity index (χ0) is 13.8. The number of aromatic nitrogens is 2. The van der Waals surface area contributed by atoms with E-state index < -0.39 is 0 Å². The highest BCUT2D eigenvalue weighted by molar-refractivity contribution is 5.92. The van der Waals surface area contributed by atoms with Gasteiger partial charge in [-0.25, -0.2) is 0 Å². The molecule has 0 bridgehead atoms. The molecule has 0 aromatic carbocycles. The number of aliphatic hydroxyl groups is 1. The van der Waals surface area contributed by atoms with Gasteiger partial charge < -0.3 is 10.4 Å². The fraction of sp³-hybridized carbons (Fsp3) is 0.692. The van der Waals surface area contributed by atoms with E-state index in [1.165, 1.54) is 0 Å². The van der Waals surface area contributed by atoms with Crippen molar-refractivity contribution < 1.29 is 9.90 Å². The predicted molar refractivity (Wildman–Crippen MR) is 70.5 cm³/mol. The van der Waals surface area contributed by atoms with E-state index >= 15 is 0 Å². The summed E-state index contributed by atoms with van der Waals surface area (Å²) in [5.41, 5.74) is 0.958. The molecule has 3 N–H and O–H groups in total. The third-order valence-electron chi connectivity index (χ3n) is 3.31. The Morgan fingerprint density at radius 2 is 2.28 bits per heavy atom. The molecule has 0 aliphatic rings. The number of aliphatic hydroxyl groups excluding tert-OH is 1. The second-order valence-electron chi connectivity index (χ2n) is 5.21. The van der Waals surface area contributed by atoms with Gasteiger partial charge >= 0.3 is 0 Å². The Bertz CT molecular complexity index is 401. The maximum atomic E-state index is 12.1. The van der Waals surface area contributed by atoms with Crippen molar-refractivity contribution in [1.29, 1.82) is 0 Å². The average Bonchev–Trinajstić information content (AvgIpc) is 2.78. The van der Waals surface area contributed by atoms with Gasteiger partial charge in [0, 0.05) is 17.8 Å². The number of hydrogen-bond acceptors (Lipinski definition) is 3. The van der Waals surface area contributed by atoms with E-state index in [4.69, 9.17) is 5.11 Å². The predicted octanol–water partition coefficient (Wildman–Crippen LogP) is 1.81. The maximum absolute atomic E-state index is 12.1. The molecule has 0 spiro atoms. The SMILES string of the molecule is CCC(C)(CCO)NC(=O)c1cc(C(C)C)[nH]n1. The van der Waals surface area contributed by atoms with Crippen LogP contribution in [0.15, 0.2) is 6.07 Å². The summed E-state index contributed by atoms with van der Waals surface area (Å²) in [6.07, 6.45) is 1.30. The van der Waals surface area contributed by atoms with Gasteiger partial charge in [-0.1, -0.05) is 20.8 Å². The van der Waals surface area contributed by atoms with Crippen LogP contribution in [0, 0.1) is 0 Å². The molecule has 1 aromatic rings. The summed E-state index contributed by atoms with van der Waals surface area (Å²) in [6, 6.07) is 1.77. The molecule has 5 heteroatoms. The Morgan fingerprint density at radius 1 is 1.61 bits per heavy atom. The lowest BCUT2D eigenvalue weighted by atomic mass is 9.94. The van der Waals surface area contributed by atoms with Crippen LogP contribution in [-0.2, 0) is 0 Å². The van der Waals surface area contributed by atoms with Crippen molar-refractivity contribution in [1.82, 2.24) is 15.5 Å². The highest BCUT2D eigenvalue weighted by atomic mass is 16.3. The van der Waals surface area contributed by atoms with Crippen LogP contribution in [0.5, 0.6) is 0 Å². The lowest BCUT2D eigenvalue weighted by Crippen LogP contribution is -2.46. The van der Waals surface area contributed by atoms with Crippen molar-refractivity contribution in [3.8, 4) is 0 Å². The molecule has 1 amide bonds. The summed E-state index contributed by atoms with van der Waals surface area (Å²) in [4.78, 5) is 12.1. The number of hydrogen-bond donors (Lipinski definition) is 3. The summed E-state index contributed by atoms with van der Waals surface area (Å²) in [6.45, 7) is 8.05. The first-order chi connectivity index (χ1) is 8.41. The minimum absolute atomic E-state index is 0.0580. The van der Waals surface area contributed by atoms with Gasteiger partial charge in [-0.3, -0.25) is 9.89 Å². The Balaban J connectivity index is 2.74. The van der Waals surface area contributed by atoms with Crippen LogP contribution >= 0.6 is 0 Å². The zero-order valence-electron chi connectivity index (χ0n) is 11.6. The largest absolute Gasteiger partial charge is 0.396 e. The van der Waals surface area contributed by atoms with Gasteiger partial charge in [-0.2, -0.15) is 5.10 Å². The Labute approximate surface area is 108 Å². The van der Waals surface area contributed by atoms with Crippen molar-refractivity contribution >= 4 is 5.91 Å². The van der Waals surface area contributed by atoms with Gasteiger partial charge in [0.15, 0.2) is 0 Å². The molecule has 1 rings (SSSR count). The molecular weight excluding hydrogens is 230 g/mol. The third kappa shape index (κ3) is 3.57. The summed E-state index contributed by atoms with van der Waals surface area (Å²) < 4.78 is 0. The van der Waals surface area contributed by atoms with Crippen molar-refractivity contribution in [2.75, 3.05) is 6.61 Å². The van der Waals surface area contributed by atoms with Gasteiger partial charge in [0.25, 0.3) is 5.91 Å². The lowest BCUT2D eigenvalue weighted by molar-refractivity contribution is 0.0881. The van der Waals surface area contributed by atoms with Crippen LogP contribution in [0.25, 0.3) is 0 Å². The number of nitrogens with one attached hydrogen (secondary N) is 2. The fourth-order valence-electron chi connectivity index (χ4n) is 1.66. The number of nitrogens with zero attached hydrogens (tertiary/aromatic N) is 1. The number of aromatic amines is 1. The minimum atomic E-state index is -0.386. The van der Waals surface area contributed by atoms with Crippen LogP contribution in [0.3, 0.4) is 0 Å². The van der Waals surface area contributed by atoms with Gasteiger partial charge in [-0.05, 0) is 31.7 Å². The monoisotopic (exact) mass is 253 g/mol. The van der Waals surface area contributed by atoms with Crippen molar-refractivity contribution in [2.45, 2.75) is 52.0 Å². The summed E-state index contributed by atoms with van der Waals surface area (Å²) >= 11 is 0. The number of H-pyrrole nitrogens is 1. The first kappa shape index (κ1) is 14.7. The van der Waals surface area contributed by atoms with Crippen LogP contribution < -0.4 is 5.32 Å². The molecule has 0 saturated heterocycles. The van der Waals surface area contributed by atoms with E-state index in [0.717, 1.165) is 12.1 Å². The zero-order valence-corrected chi connectivity index (χ0v) is 11.6. The van der Waals surface area contributed by atoms with Gasteiger partial charge in [0.05, 0.1) is 0 Å². The van der Waals surface area contributed by atoms with Crippen LogP contribution in [0.1, 0.15) is 62.6 Å². The second-order valence-corrected chi connectivity index (χ2v) is 5.21. The normalized spacial score (nSPS) is 14.6.